The number of para-hydroxylation sites is 1. The lowest BCUT2D eigenvalue weighted by Gasteiger charge is -2.20. The number of hydrogen-bond donors (Lipinski definition) is 1. The van der Waals surface area contributed by atoms with Crippen molar-refractivity contribution < 1.29 is 5.11 Å². The number of nitrogens with zero attached hydrogens (tertiary/aromatic N) is 4. The molecule has 4 aromatic rings. The van der Waals surface area contributed by atoms with Crippen LogP contribution in [0.15, 0.2) is 66.9 Å². The SMILES string of the molecule is Cc1ccc2c(N(C)Cc3ccccn3)nc(-c3ccccc3O)nc2c1. The van der Waals surface area contributed by atoms with Crippen LogP contribution in [0.3, 0.4) is 0 Å². The number of aromatic hydroxyl groups is 1. The fraction of sp³-hybridized carbons (Fsp3) is 0.136. The minimum absolute atomic E-state index is 0.169. The van der Waals surface area contributed by atoms with Gasteiger partial charge in [0.1, 0.15) is 11.6 Å². The highest BCUT2D eigenvalue weighted by atomic mass is 16.3. The molecule has 0 aliphatic rings. The monoisotopic (exact) mass is 356 g/mol. The van der Waals surface area contributed by atoms with Crippen molar-refractivity contribution in [2.75, 3.05) is 11.9 Å². The number of hydrogen-bond acceptors (Lipinski definition) is 5. The molecule has 4 rings (SSSR count). The first-order valence-corrected chi connectivity index (χ1v) is 8.79. The number of aromatic nitrogens is 3. The maximum atomic E-state index is 10.3. The molecule has 5 heteroatoms. The highest BCUT2D eigenvalue weighted by molar-refractivity contribution is 5.91. The van der Waals surface area contributed by atoms with E-state index in [1.165, 1.54) is 0 Å². The molecule has 0 aliphatic carbocycles. The third-order valence-corrected chi connectivity index (χ3v) is 4.46. The van der Waals surface area contributed by atoms with E-state index in [1.807, 2.05) is 56.4 Å². The topological polar surface area (TPSA) is 62.1 Å². The zero-order chi connectivity index (χ0) is 18.8. The van der Waals surface area contributed by atoms with Gasteiger partial charge in [-0.15, -0.1) is 0 Å². The molecule has 2 heterocycles. The lowest BCUT2D eigenvalue weighted by molar-refractivity contribution is 0.477. The molecule has 0 amide bonds. The molecular formula is C22H20N4O. The number of anilines is 1. The first-order valence-electron chi connectivity index (χ1n) is 8.79. The van der Waals surface area contributed by atoms with Crippen molar-refractivity contribution in [2.24, 2.45) is 0 Å². The molecule has 0 radical (unpaired) electrons. The number of benzene rings is 2. The molecule has 0 aliphatic heterocycles. The van der Waals surface area contributed by atoms with E-state index < -0.39 is 0 Å². The second-order valence-corrected chi connectivity index (χ2v) is 6.59. The molecule has 0 atom stereocenters. The van der Waals surface area contributed by atoms with Gasteiger partial charge in [0, 0.05) is 18.6 Å². The Morgan fingerprint density at radius 2 is 1.78 bits per heavy atom. The molecule has 0 bridgehead atoms. The maximum Gasteiger partial charge on any atom is 0.165 e. The van der Waals surface area contributed by atoms with Crippen LogP contribution in [-0.2, 0) is 6.54 Å². The minimum atomic E-state index is 0.169. The zero-order valence-corrected chi connectivity index (χ0v) is 15.3. The second kappa shape index (κ2) is 7.03. The molecule has 2 aromatic heterocycles. The van der Waals surface area contributed by atoms with Gasteiger partial charge in [0.05, 0.1) is 23.3 Å². The van der Waals surface area contributed by atoms with Gasteiger partial charge in [-0.3, -0.25) is 4.98 Å². The summed E-state index contributed by atoms with van der Waals surface area (Å²) in [4.78, 5) is 16.0. The summed E-state index contributed by atoms with van der Waals surface area (Å²) in [5, 5.41) is 11.2. The Morgan fingerprint density at radius 3 is 2.56 bits per heavy atom. The van der Waals surface area contributed by atoms with Crippen molar-refractivity contribution in [3.05, 3.63) is 78.1 Å². The standard InChI is InChI=1S/C22H20N4O/c1-15-10-11-17-19(13-15)24-21(18-8-3-4-9-20(18)27)25-22(17)26(2)14-16-7-5-6-12-23-16/h3-13,27H,14H2,1-2H3. The zero-order valence-electron chi connectivity index (χ0n) is 15.3. The average Bonchev–Trinajstić information content (AvgIpc) is 2.68. The fourth-order valence-electron chi connectivity index (χ4n) is 3.11. The summed E-state index contributed by atoms with van der Waals surface area (Å²) >= 11 is 0. The minimum Gasteiger partial charge on any atom is -0.507 e. The van der Waals surface area contributed by atoms with Crippen molar-refractivity contribution in [3.8, 4) is 17.1 Å². The molecule has 0 fully saturated rings. The van der Waals surface area contributed by atoms with Gasteiger partial charge in [-0.05, 0) is 48.9 Å². The molecule has 1 N–H and O–H groups in total. The molecule has 0 spiro atoms. The van der Waals surface area contributed by atoms with Crippen LogP contribution in [0.25, 0.3) is 22.3 Å². The Labute approximate surface area is 158 Å². The molecule has 0 saturated carbocycles. The average molecular weight is 356 g/mol. The summed E-state index contributed by atoms with van der Waals surface area (Å²) in [7, 11) is 1.99. The highest BCUT2D eigenvalue weighted by Crippen LogP contribution is 2.31. The lowest BCUT2D eigenvalue weighted by Crippen LogP contribution is -2.19. The van der Waals surface area contributed by atoms with Gasteiger partial charge in [-0.2, -0.15) is 0 Å². The number of phenols is 1. The number of aryl methyl sites for hydroxylation is 1. The van der Waals surface area contributed by atoms with Crippen molar-refractivity contribution in [1.82, 2.24) is 15.0 Å². The third kappa shape index (κ3) is 3.44. The van der Waals surface area contributed by atoms with Crippen LogP contribution < -0.4 is 4.90 Å². The Bertz CT molecular complexity index is 1100. The maximum absolute atomic E-state index is 10.3. The predicted octanol–water partition coefficient (Wildman–Crippen LogP) is 4.34. The van der Waals surface area contributed by atoms with Crippen LogP contribution in [0.2, 0.25) is 0 Å². The van der Waals surface area contributed by atoms with Crippen molar-refractivity contribution in [3.63, 3.8) is 0 Å². The van der Waals surface area contributed by atoms with Crippen LogP contribution in [0.4, 0.5) is 5.82 Å². The normalized spacial score (nSPS) is 10.9. The van der Waals surface area contributed by atoms with Gasteiger partial charge < -0.3 is 10.0 Å². The van der Waals surface area contributed by atoms with E-state index in [0.29, 0.717) is 17.9 Å². The van der Waals surface area contributed by atoms with E-state index >= 15 is 0 Å². The smallest absolute Gasteiger partial charge is 0.165 e. The van der Waals surface area contributed by atoms with Crippen LogP contribution in [0.1, 0.15) is 11.3 Å². The van der Waals surface area contributed by atoms with Gasteiger partial charge in [0.2, 0.25) is 0 Å². The van der Waals surface area contributed by atoms with Crippen LogP contribution in [0, 0.1) is 6.92 Å². The first kappa shape index (κ1) is 17.0. The number of pyridine rings is 1. The third-order valence-electron chi connectivity index (χ3n) is 4.46. The van der Waals surface area contributed by atoms with Crippen molar-refractivity contribution in [2.45, 2.75) is 13.5 Å². The van der Waals surface area contributed by atoms with Gasteiger partial charge in [0.25, 0.3) is 0 Å². The molecule has 134 valence electrons. The number of rotatable bonds is 4. The fourth-order valence-corrected chi connectivity index (χ4v) is 3.11. The quantitative estimate of drug-likeness (QED) is 0.589. The van der Waals surface area contributed by atoms with Gasteiger partial charge in [-0.25, -0.2) is 9.97 Å². The van der Waals surface area contributed by atoms with E-state index in [4.69, 9.17) is 9.97 Å². The largest absolute Gasteiger partial charge is 0.507 e. The van der Waals surface area contributed by atoms with Crippen LogP contribution >= 0.6 is 0 Å². The Kier molecular flexibility index (Phi) is 4.42. The highest BCUT2D eigenvalue weighted by Gasteiger charge is 2.15. The Balaban J connectivity index is 1.86. The summed E-state index contributed by atoms with van der Waals surface area (Å²) in [5.74, 6) is 1.49. The predicted molar refractivity (Wildman–Crippen MR) is 108 cm³/mol. The van der Waals surface area contributed by atoms with Crippen molar-refractivity contribution >= 4 is 16.7 Å². The van der Waals surface area contributed by atoms with E-state index in [-0.39, 0.29) is 5.75 Å². The molecule has 0 unspecified atom stereocenters. The second-order valence-electron chi connectivity index (χ2n) is 6.59. The van der Waals surface area contributed by atoms with E-state index in [1.54, 1.807) is 18.3 Å². The van der Waals surface area contributed by atoms with Gasteiger partial charge in [0.15, 0.2) is 5.82 Å². The molecule has 0 saturated heterocycles. The van der Waals surface area contributed by atoms with Gasteiger partial charge >= 0.3 is 0 Å². The van der Waals surface area contributed by atoms with E-state index in [2.05, 4.69) is 16.0 Å². The lowest BCUT2D eigenvalue weighted by atomic mass is 10.1. The van der Waals surface area contributed by atoms with Crippen LogP contribution in [-0.4, -0.2) is 27.1 Å². The molecule has 5 nitrogen and oxygen atoms in total. The van der Waals surface area contributed by atoms with Crippen LogP contribution in [0.5, 0.6) is 5.75 Å². The molecular weight excluding hydrogens is 336 g/mol. The van der Waals surface area contributed by atoms with Gasteiger partial charge in [-0.1, -0.05) is 24.3 Å². The van der Waals surface area contributed by atoms with Crippen molar-refractivity contribution in [1.29, 1.82) is 0 Å². The summed E-state index contributed by atoms with van der Waals surface area (Å²) in [6.07, 6.45) is 1.79. The summed E-state index contributed by atoms with van der Waals surface area (Å²) < 4.78 is 0. The molecule has 2 aromatic carbocycles. The van der Waals surface area contributed by atoms with E-state index in [0.717, 1.165) is 28.0 Å². The summed E-state index contributed by atoms with van der Waals surface area (Å²) in [6.45, 7) is 2.67. The Hall–Kier alpha value is -3.47. The number of fused-ring (bicyclic) bond motifs is 1. The van der Waals surface area contributed by atoms with E-state index in [9.17, 15) is 5.11 Å². The summed E-state index contributed by atoms with van der Waals surface area (Å²) in [6, 6.07) is 19.2. The summed E-state index contributed by atoms with van der Waals surface area (Å²) in [5.41, 5.74) is 3.56. The molecule has 27 heavy (non-hydrogen) atoms. The number of phenolic OH excluding ortho intramolecular Hbond substituents is 1. The Morgan fingerprint density at radius 1 is 0.963 bits per heavy atom. The first-order chi connectivity index (χ1) is 13.1.